The molecule has 1 heterocycles. The van der Waals surface area contributed by atoms with Crippen LogP contribution in [0, 0.1) is 0 Å². The first kappa shape index (κ1) is 10.2. The molecule has 0 saturated carbocycles. The van der Waals surface area contributed by atoms with Crippen molar-refractivity contribution in [3.05, 3.63) is 30.1 Å². The van der Waals surface area contributed by atoms with Gasteiger partial charge in [0.15, 0.2) is 0 Å². The molecular weight excluding hydrogens is 184 g/mol. The van der Waals surface area contributed by atoms with Gasteiger partial charge in [-0.1, -0.05) is 6.07 Å². The lowest BCUT2D eigenvalue weighted by atomic mass is 10.3. The third-order valence-electron chi connectivity index (χ3n) is 1.59. The minimum Gasteiger partial charge on any atom is -0.474 e. The summed E-state index contributed by atoms with van der Waals surface area (Å²) in [7, 11) is 0. The Balaban J connectivity index is 2.29. The second-order valence-electron chi connectivity index (χ2n) is 2.63. The van der Waals surface area contributed by atoms with E-state index in [4.69, 9.17) is 5.11 Å². The van der Waals surface area contributed by atoms with Crippen molar-refractivity contribution in [3.63, 3.8) is 0 Å². The number of aromatic nitrogens is 1. The lowest BCUT2D eigenvalue weighted by Crippen LogP contribution is -2.32. The van der Waals surface area contributed by atoms with Crippen LogP contribution in [0.15, 0.2) is 24.4 Å². The number of carbonyl (C=O) groups excluding carboxylic acids is 1. The van der Waals surface area contributed by atoms with Crippen LogP contribution in [0.1, 0.15) is 5.69 Å². The van der Waals surface area contributed by atoms with Gasteiger partial charge >= 0.3 is 11.9 Å². The molecular formula is C9H10N2O3. The molecule has 0 aliphatic rings. The smallest absolute Gasteiger partial charge is 0.394 e. The van der Waals surface area contributed by atoms with Crippen LogP contribution in [-0.4, -0.2) is 28.5 Å². The zero-order valence-electron chi connectivity index (χ0n) is 7.43. The number of nitrogens with zero attached hydrogens (tertiary/aromatic N) is 1. The Labute approximate surface area is 80.8 Å². The van der Waals surface area contributed by atoms with Crippen molar-refractivity contribution in [1.29, 1.82) is 0 Å². The van der Waals surface area contributed by atoms with E-state index in [0.717, 1.165) is 5.69 Å². The van der Waals surface area contributed by atoms with Gasteiger partial charge in [0.05, 0.1) is 0 Å². The van der Waals surface area contributed by atoms with Gasteiger partial charge in [-0.05, 0) is 12.1 Å². The first-order valence-electron chi connectivity index (χ1n) is 4.11. The number of rotatable bonds is 3. The van der Waals surface area contributed by atoms with Gasteiger partial charge in [0.1, 0.15) is 0 Å². The SMILES string of the molecule is O=C(O)C(=O)NCCc1ccccn1. The van der Waals surface area contributed by atoms with Crippen LogP contribution in [0.3, 0.4) is 0 Å². The monoisotopic (exact) mass is 194 g/mol. The molecule has 1 rings (SSSR count). The van der Waals surface area contributed by atoms with Crippen LogP contribution in [-0.2, 0) is 16.0 Å². The van der Waals surface area contributed by atoms with Gasteiger partial charge in [-0.2, -0.15) is 0 Å². The Kier molecular flexibility index (Phi) is 3.60. The average molecular weight is 194 g/mol. The summed E-state index contributed by atoms with van der Waals surface area (Å²) in [4.78, 5) is 24.7. The van der Waals surface area contributed by atoms with Crippen LogP contribution in [0.4, 0.5) is 0 Å². The number of aliphatic carboxylic acids is 1. The van der Waals surface area contributed by atoms with E-state index in [9.17, 15) is 9.59 Å². The molecule has 0 aliphatic heterocycles. The minimum absolute atomic E-state index is 0.280. The van der Waals surface area contributed by atoms with Gasteiger partial charge in [-0.3, -0.25) is 9.78 Å². The molecule has 1 amide bonds. The lowest BCUT2D eigenvalue weighted by Gasteiger charge is -2.00. The second kappa shape index (κ2) is 4.96. The molecule has 0 saturated heterocycles. The zero-order chi connectivity index (χ0) is 10.4. The van der Waals surface area contributed by atoms with Crippen LogP contribution in [0.2, 0.25) is 0 Å². The molecule has 5 nitrogen and oxygen atoms in total. The molecule has 1 aromatic rings. The number of pyridine rings is 1. The topological polar surface area (TPSA) is 79.3 Å². The number of carboxylic acids is 1. The highest BCUT2D eigenvalue weighted by Crippen LogP contribution is 1.92. The van der Waals surface area contributed by atoms with E-state index in [1.54, 1.807) is 12.3 Å². The fourth-order valence-electron chi connectivity index (χ4n) is 0.926. The Bertz CT molecular complexity index is 324. The van der Waals surface area contributed by atoms with Gasteiger partial charge in [0.25, 0.3) is 0 Å². The number of carbonyl (C=O) groups is 2. The van der Waals surface area contributed by atoms with E-state index >= 15 is 0 Å². The normalized spacial score (nSPS) is 9.43. The van der Waals surface area contributed by atoms with Crippen molar-refractivity contribution < 1.29 is 14.7 Å². The van der Waals surface area contributed by atoms with Crippen LogP contribution < -0.4 is 5.32 Å². The van der Waals surface area contributed by atoms with E-state index < -0.39 is 11.9 Å². The van der Waals surface area contributed by atoms with E-state index in [1.807, 2.05) is 12.1 Å². The molecule has 0 aromatic carbocycles. The number of carboxylic acid groups (broad SMARTS) is 1. The maximum absolute atomic E-state index is 10.6. The summed E-state index contributed by atoms with van der Waals surface area (Å²) >= 11 is 0. The molecule has 74 valence electrons. The quantitative estimate of drug-likeness (QED) is 0.654. The Morgan fingerprint density at radius 2 is 2.21 bits per heavy atom. The fraction of sp³-hybridized carbons (Fsp3) is 0.222. The standard InChI is InChI=1S/C9H10N2O3/c12-8(9(13)14)11-6-4-7-3-1-2-5-10-7/h1-3,5H,4,6H2,(H,11,12)(H,13,14). The van der Waals surface area contributed by atoms with E-state index in [2.05, 4.69) is 10.3 Å². The molecule has 0 radical (unpaired) electrons. The van der Waals surface area contributed by atoms with Crippen LogP contribution >= 0.6 is 0 Å². The summed E-state index contributed by atoms with van der Waals surface area (Å²) in [5.74, 6) is -2.45. The highest BCUT2D eigenvalue weighted by molar-refractivity contribution is 6.31. The minimum atomic E-state index is -1.47. The molecule has 0 fully saturated rings. The molecule has 0 atom stereocenters. The molecule has 0 unspecified atom stereocenters. The second-order valence-corrected chi connectivity index (χ2v) is 2.63. The van der Waals surface area contributed by atoms with Crippen molar-refractivity contribution in [3.8, 4) is 0 Å². The van der Waals surface area contributed by atoms with Crippen molar-refractivity contribution in [2.75, 3.05) is 6.54 Å². The van der Waals surface area contributed by atoms with Crippen molar-refractivity contribution in [1.82, 2.24) is 10.3 Å². The van der Waals surface area contributed by atoms with E-state index in [0.29, 0.717) is 6.42 Å². The number of nitrogens with one attached hydrogen (secondary N) is 1. The first-order chi connectivity index (χ1) is 6.70. The zero-order valence-corrected chi connectivity index (χ0v) is 7.43. The third kappa shape index (κ3) is 3.22. The summed E-state index contributed by atoms with van der Waals surface area (Å²) in [6, 6.07) is 5.44. The van der Waals surface area contributed by atoms with Crippen molar-refractivity contribution >= 4 is 11.9 Å². The largest absolute Gasteiger partial charge is 0.474 e. The molecule has 2 N–H and O–H groups in total. The lowest BCUT2D eigenvalue weighted by molar-refractivity contribution is -0.150. The summed E-state index contributed by atoms with van der Waals surface area (Å²) in [6.07, 6.45) is 2.17. The summed E-state index contributed by atoms with van der Waals surface area (Å²) in [5.41, 5.74) is 0.818. The number of amides is 1. The highest BCUT2D eigenvalue weighted by atomic mass is 16.4. The van der Waals surface area contributed by atoms with Gasteiger partial charge in [-0.25, -0.2) is 4.79 Å². The summed E-state index contributed by atoms with van der Waals surface area (Å²) < 4.78 is 0. The van der Waals surface area contributed by atoms with E-state index in [-0.39, 0.29) is 6.54 Å². The molecule has 0 spiro atoms. The van der Waals surface area contributed by atoms with Crippen LogP contribution in [0.25, 0.3) is 0 Å². The number of hydrogen-bond donors (Lipinski definition) is 2. The molecule has 0 bridgehead atoms. The predicted octanol–water partition coefficient (Wildman–Crippen LogP) is -0.175. The average Bonchev–Trinajstić information content (AvgIpc) is 2.19. The molecule has 5 heteroatoms. The van der Waals surface area contributed by atoms with Crippen molar-refractivity contribution in [2.24, 2.45) is 0 Å². The molecule has 14 heavy (non-hydrogen) atoms. The van der Waals surface area contributed by atoms with Gasteiger partial charge in [0.2, 0.25) is 0 Å². The number of hydrogen-bond acceptors (Lipinski definition) is 3. The first-order valence-corrected chi connectivity index (χ1v) is 4.11. The van der Waals surface area contributed by atoms with Gasteiger partial charge in [0, 0.05) is 24.9 Å². The Hall–Kier alpha value is -1.91. The van der Waals surface area contributed by atoms with Crippen LogP contribution in [0.5, 0.6) is 0 Å². The highest BCUT2D eigenvalue weighted by Gasteiger charge is 2.08. The Morgan fingerprint density at radius 1 is 1.43 bits per heavy atom. The molecule has 1 aromatic heterocycles. The van der Waals surface area contributed by atoms with Gasteiger partial charge < -0.3 is 10.4 Å². The fourth-order valence-corrected chi connectivity index (χ4v) is 0.926. The van der Waals surface area contributed by atoms with Crippen molar-refractivity contribution in [2.45, 2.75) is 6.42 Å². The third-order valence-corrected chi connectivity index (χ3v) is 1.59. The maximum Gasteiger partial charge on any atom is 0.394 e. The van der Waals surface area contributed by atoms with E-state index in [1.165, 1.54) is 0 Å². The maximum atomic E-state index is 10.6. The predicted molar refractivity (Wildman–Crippen MR) is 48.6 cm³/mol. The summed E-state index contributed by atoms with van der Waals surface area (Å²) in [6.45, 7) is 0.280. The molecule has 0 aliphatic carbocycles. The van der Waals surface area contributed by atoms with Gasteiger partial charge in [-0.15, -0.1) is 0 Å². The summed E-state index contributed by atoms with van der Waals surface area (Å²) in [5, 5.41) is 10.5. The Morgan fingerprint density at radius 3 is 2.79 bits per heavy atom.